The second kappa shape index (κ2) is 6.28. The summed E-state index contributed by atoms with van der Waals surface area (Å²) in [4.78, 5) is 26.6. The van der Waals surface area contributed by atoms with Crippen molar-refractivity contribution in [2.24, 2.45) is 5.92 Å². The zero-order valence-electron chi connectivity index (χ0n) is 14.7. The van der Waals surface area contributed by atoms with Crippen molar-refractivity contribution in [1.82, 2.24) is 19.5 Å². The summed E-state index contributed by atoms with van der Waals surface area (Å²) in [6.45, 7) is 1.15. The minimum atomic E-state index is -5.06. The van der Waals surface area contributed by atoms with Crippen molar-refractivity contribution in [2.45, 2.75) is 50.6 Å². The van der Waals surface area contributed by atoms with E-state index in [1.54, 1.807) is 0 Å². The van der Waals surface area contributed by atoms with Gasteiger partial charge >= 0.3 is 12.0 Å². The van der Waals surface area contributed by atoms with Gasteiger partial charge in [0.2, 0.25) is 5.28 Å². The van der Waals surface area contributed by atoms with Gasteiger partial charge < -0.3 is 9.64 Å². The number of Topliss-reactive ketones (excluding diaryl/α,β-unsaturated/α-hetero) is 1. The highest BCUT2D eigenvalue weighted by molar-refractivity contribution is 6.28. The van der Waals surface area contributed by atoms with Gasteiger partial charge in [0.1, 0.15) is 6.23 Å². The van der Waals surface area contributed by atoms with E-state index >= 15 is 0 Å². The summed E-state index contributed by atoms with van der Waals surface area (Å²) in [7, 11) is 0. The third kappa shape index (κ3) is 2.76. The molecule has 0 N–H and O–H groups in total. The zero-order chi connectivity index (χ0) is 19.6. The number of aromatic nitrogens is 4. The fourth-order valence-corrected chi connectivity index (χ4v) is 4.57. The predicted octanol–water partition coefficient (Wildman–Crippen LogP) is 3.52. The van der Waals surface area contributed by atoms with Crippen LogP contribution < -0.4 is 4.90 Å². The summed E-state index contributed by atoms with van der Waals surface area (Å²) in [6.07, 6.45) is -1.72. The number of alkyl halides is 3. The van der Waals surface area contributed by atoms with E-state index < -0.39 is 24.0 Å². The number of imidazole rings is 1. The lowest BCUT2D eigenvalue weighted by molar-refractivity contribution is -0.0906. The maximum absolute atomic E-state index is 13.2. The van der Waals surface area contributed by atoms with Gasteiger partial charge in [-0.05, 0) is 49.6 Å². The van der Waals surface area contributed by atoms with Gasteiger partial charge in [-0.2, -0.15) is 23.1 Å². The Balaban J connectivity index is 1.72. The van der Waals surface area contributed by atoms with E-state index in [0.717, 1.165) is 36.8 Å². The first kappa shape index (κ1) is 18.1. The Hall–Kier alpha value is -1.94. The second-order valence-corrected chi connectivity index (χ2v) is 7.92. The number of fused-ring (bicyclic) bond motifs is 2. The SMILES string of the molecule is O=C(c1nc2c(N3CC4CC3C4)nc(Cl)nc2n1C1CCCCO1)C(F)(F)F. The van der Waals surface area contributed by atoms with Crippen molar-refractivity contribution in [3.63, 3.8) is 0 Å². The molecule has 28 heavy (non-hydrogen) atoms. The number of halogens is 4. The first-order chi connectivity index (χ1) is 13.3. The minimum absolute atomic E-state index is 0.0884. The average molecular weight is 416 g/mol. The molecule has 11 heteroatoms. The van der Waals surface area contributed by atoms with Crippen LogP contribution in [0.5, 0.6) is 0 Å². The van der Waals surface area contributed by atoms with Crippen LogP contribution in [0.3, 0.4) is 0 Å². The molecule has 6 rings (SSSR count). The molecular weight excluding hydrogens is 399 g/mol. The third-order valence-electron chi connectivity index (χ3n) is 5.78. The molecule has 0 spiro atoms. The van der Waals surface area contributed by atoms with Crippen LogP contribution in [0.15, 0.2) is 0 Å². The Kier molecular flexibility index (Phi) is 4.06. The van der Waals surface area contributed by atoms with E-state index in [1.165, 1.54) is 0 Å². The Labute approximate surface area is 162 Å². The minimum Gasteiger partial charge on any atom is -0.358 e. The van der Waals surface area contributed by atoms with Gasteiger partial charge in [-0.15, -0.1) is 0 Å². The normalized spacial score (nSPS) is 27.3. The van der Waals surface area contributed by atoms with Gasteiger partial charge in [0.05, 0.1) is 0 Å². The molecule has 2 aromatic rings. The highest BCUT2D eigenvalue weighted by Gasteiger charge is 2.46. The zero-order valence-corrected chi connectivity index (χ0v) is 15.5. The molecular formula is C17H17ClF3N5O2. The van der Waals surface area contributed by atoms with Crippen LogP contribution in [0.2, 0.25) is 5.28 Å². The fourth-order valence-electron chi connectivity index (χ4n) is 4.41. The summed E-state index contributed by atoms with van der Waals surface area (Å²) in [6, 6.07) is 0.275. The van der Waals surface area contributed by atoms with E-state index in [9.17, 15) is 18.0 Å². The van der Waals surface area contributed by atoms with Gasteiger partial charge in [-0.1, -0.05) is 0 Å². The van der Waals surface area contributed by atoms with E-state index in [0.29, 0.717) is 24.8 Å². The second-order valence-electron chi connectivity index (χ2n) is 7.59. The van der Waals surface area contributed by atoms with Crippen LogP contribution >= 0.6 is 11.6 Å². The van der Waals surface area contributed by atoms with E-state index in [1.807, 2.05) is 4.90 Å². The number of carbonyl (C=O) groups is 1. The molecule has 3 aliphatic heterocycles. The summed E-state index contributed by atoms with van der Waals surface area (Å²) in [5.74, 6) is -1.80. The van der Waals surface area contributed by atoms with Crippen molar-refractivity contribution < 1.29 is 22.7 Å². The average Bonchev–Trinajstić information content (AvgIpc) is 3.31. The van der Waals surface area contributed by atoms with Crippen molar-refractivity contribution >= 4 is 34.4 Å². The summed E-state index contributed by atoms with van der Waals surface area (Å²) in [5.41, 5.74) is 0.275. The number of carbonyl (C=O) groups excluding carboxylic acids is 1. The molecule has 4 aliphatic rings. The monoisotopic (exact) mass is 415 g/mol. The van der Waals surface area contributed by atoms with Crippen LogP contribution in [-0.2, 0) is 4.74 Å². The van der Waals surface area contributed by atoms with Gasteiger partial charge in [-0.25, -0.2) is 4.98 Å². The largest absolute Gasteiger partial charge is 0.458 e. The highest BCUT2D eigenvalue weighted by Crippen LogP contribution is 2.45. The number of ether oxygens (including phenoxy) is 1. The van der Waals surface area contributed by atoms with Crippen LogP contribution in [-0.4, -0.2) is 50.7 Å². The lowest BCUT2D eigenvalue weighted by atomic mass is 9.86. The number of nitrogens with zero attached hydrogens (tertiary/aromatic N) is 5. The molecule has 3 saturated heterocycles. The van der Waals surface area contributed by atoms with Gasteiger partial charge in [0.15, 0.2) is 22.8 Å². The molecule has 1 atom stereocenters. The van der Waals surface area contributed by atoms with Crippen LogP contribution in [0, 0.1) is 5.92 Å². The standard InChI is InChI=1S/C17H17ClF3N5O2/c18-16-23-13(25-7-8-5-9(25)6-8)11-14(24-16)26(10-3-1-2-4-28-10)15(22-11)12(27)17(19,20)21/h8-10H,1-7H2. The maximum atomic E-state index is 13.2. The topological polar surface area (TPSA) is 73.1 Å². The van der Waals surface area contributed by atoms with Gasteiger partial charge in [-0.3, -0.25) is 9.36 Å². The quantitative estimate of drug-likeness (QED) is 0.564. The van der Waals surface area contributed by atoms with Gasteiger partial charge in [0, 0.05) is 19.2 Å². The van der Waals surface area contributed by atoms with Crippen molar-refractivity contribution in [3.8, 4) is 0 Å². The number of ketones is 1. The third-order valence-corrected chi connectivity index (χ3v) is 5.95. The number of hydrogen-bond donors (Lipinski definition) is 0. The predicted molar refractivity (Wildman–Crippen MR) is 93.4 cm³/mol. The molecule has 1 saturated carbocycles. The molecule has 0 aromatic carbocycles. The first-order valence-electron chi connectivity index (χ1n) is 9.28. The van der Waals surface area contributed by atoms with Crippen molar-refractivity contribution in [3.05, 3.63) is 11.1 Å². The van der Waals surface area contributed by atoms with Crippen LogP contribution in [0.25, 0.3) is 11.2 Å². The Morgan fingerprint density at radius 2 is 1.96 bits per heavy atom. The molecule has 4 fully saturated rings. The van der Waals surface area contributed by atoms with Crippen molar-refractivity contribution in [2.75, 3.05) is 18.1 Å². The lowest BCUT2D eigenvalue weighted by Gasteiger charge is -2.27. The maximum Gasteiger partial charge on any atom is 0.458 e. The van der Waals surface area contributed by atoms with E-state index in [4.69, 9.17) is 16.3 Å². The van der Waals surface area contributed by atoms with Crippen molar-refractivity contribution in [1.29, 1.82) is 0 Å². The first-order valence-corrected chi connectivity index (χ1v) is 9.66. The summed E-state index contributed by atoms with van der Waals surface area (Å²) >= 11 is 6.12. The van der Waals surface area contributed by atoms with E-state index in [-0.39, 0.29) is 22.5 Å². The lowest BCUT2D eigenvalue weighted by Crippen LogP contribution is -2.29. The smallest absolute Gasteiger partial charge is 0.358 e. The number of hydrogen-bond acceptors (Lipinski definition) is 6. The Bertz CT molecular complexity index is 950. The fraction of sp³-hybridized carbons (Fsp3) is 0.647. The molecule has 0 radical (unpaired) electrons. The number of anilines is 1. The molecule has 2 bridgehead atoms. The number of rotatable bonds is 3. The molecule has 5 heterocycles. The summed E-state index contributed by atoms with van der Waals surface area (Å²) in [5, 5.41) is -0.0884. The summed E-state index contributed by atoms with van der Waals surface area (Å²) < 4.78 is 46.5. The Morgan fingerprint density at radius 1 is 1.18 bits per heavy atom. The molecule has 2 aromatic heterocycles. The van der Waals surface area contributed by atoms with Crippen LogP contribution in [0.4, 0.5) is 19.0 Å². The molecule has 1 aliphatic carbocycles. The Morgan fingerprint density at radius 3 is 2.57 bits per heavy atom. The van der Waals surface area contributed by atoms with Crippen LogP contribution in [0.1, 0.15) is 49.0 Å². The highest BCUT2D eigenvalue weighted by atomic mass is 35.5. The van der Waals surface area contributed by atoms with E-state index in [2.05, 4.69) is 15.0 Å². The molecule has 1 unspecified atom stereocenters. The molecule has 150 valence electrons. The molecule has 7 nitrogen and oxygen atoms in total. The van der Waals surface area contributed by atoms with Gasteiger partial charge in [0.25, 0.3) is 0 Å². The molecule has 0 amide bonds.